The average Bonchev–Trinajstić information content (AvgIpc) is 2.68. The van der Waals surface area contributed by atoms with Crippen LogP contribution in [0.5, 0.6) is 11.5 Å². The van der Waals surface area contributed by atoms with Crippen LogP contribution in [0.25, 0.3) is 11.3 Å². The molecular weight excluding hydrogens is 368 g/mol. The number of aromatic amines is 1. The predicted molar refractivity (Wildman–Crippen MR) is 106 cm³/mol. The molecule has 3 rings (SSSR count). The van der Waals surface area contributed by atoms with E-state index in [1.807, 2.05) is 30.3 Å². The molecule has 2 aromatic carbocycles. The molecule has 0 aliphatic heterocycles. The SMILES string of the molecule is COc1cc(/C=N\Nc2nc(-c3ccccc3)cc(=O)[nH]2)cc(Cl)c1OC. The highest BCUT2D eigenvalue weighted by Gasteiger charge is 2.10. The third kappa shape index (κ3) is 4.45. The molecule has 0 bridgehead atoms. The smallest absolute Gasteiger partial charge is 0.252 e. The van der Waals surface area contributed by atoms with Crippen molar-refractivity contribution < 1.29 is 9.47 Å². The number of nitrogens with zero attached hydrogens (tertiary/aromatic N) is 2. The number of benzene rings is 2. The summed E-state index contributed by atoms with van der Waals surface area (Å²) in [4.78, 5) is 18.8. The van der Waals surface area contributed by atoms with E-state index in [0.717, 1.165) is 5.56 Å². The first kappa shape index (κ1) is 18.5. The van der Waals surface area contributed by atoms with E-state index >= 15 is 0 Å². The number of ether oxygens (including phenoxy) is 2. The van der Waals surface area contributed by atoms with Crippen molar-refractivity contribution in [1.82, 2.24) is 9.97 Å². The van der Waals surface area contributed by atoms with Crippen LogP contribution < -0.4 is 20.5 Å². The summed E-state index contributed by atoms with van der Waals surface area (Å²) in [6.07, 6.45) is 1.53. The number of halogens is 1. The van der Waals surface area contributed by atoms with Crippen LogP contribution in [-0.4, -0.2) is 30.4 Å². The summed E-state index contributed by atoms with van der Waals surface area (Å²) in [5.74, 6) is 1.17. The first-order chi connectivity index (χ1) is 13.1. The summed E-state index contributed by atoms with van der Waals surface area (Å²) in [7, 11) is 3.04. The van der Waals surface area contributed by atoms with Crippen LogP contribution in [0.1, 0.15) is 5.56 Å². The fourth-order valence-corrected chi connectivity index (χ4v) is 2.74. The largest absolute Gasteiger partial charge is 0.493 e. The molecule has 0 fully saturated rings. The van der Waals surface area contributed by atoms with Crippen molar-refractivity contribution in [1.29, 1.82) is 0 Å². The third-order valence-corrected chi connectivity index (χ3v) is 3.93. The van der Waals surface area contributed by atoms with Crippen LogP contribution in [0.4, 0.5) is 5.95 Å². The van der Waals surface area contributed by atoms with Gasteiger partial charge in [-0.3, -0.25) is 9.78 Å². The summed E-state index contributed by atoms with van der Waals surface area (Å²) in [5.41, 5.74) is 4.51. The molecule has 0 aliphatic carbocycles. The summed E-state index contributed by atoms with van der Waals surface area (Å²) >= 11 is 6.17. The number of aromatic nitrogens is 2. The zero-order valence-electron chi connectivity index (χ0n) is 14.7. The van der Waals surface area contributed by atoms with Gasteiger partial charge in [0.25, 0.3) is 5.56 Å². The van der Waals surface area contributed by atoms with E-state index in [1.54, 1.807) is 12.1 Å². The van der Waals surface area contributed by atoms with Crippen molar-refractivity contribution in [2.75, 3.05) is 19.6 Å². The first-order valence-electron chi connectivity index (χ1n) is 7.98. The molecule has 0 saturated heterocycles. The molecule has 1 aromatic heterocycles. The van der Waals surface area contributed by atoms with Crippen LogP contribution in [0, 0.1) is 0 Å². The second-order valence-electron chi connectivity index (χ2n) is 5.45. The van der Waals surface area contributed by atoms with Crippen LogP contribution in [-0.2, 0) is 0 Å². The first-order valence-corrected chi connectivity index (χ1v) is 8.36. The van der Waals surface area contributed by atoms with Gasteiger partial charge in [0.15, 0.2) is 11.5 Å². The van der Waals surface area contributed by atoms with Gasteiger partial charge < -0.3 is 9.47 Å². The molecule has 0 radical (unpaired) electrons. The van der Waals surface area contributed by atoms with Gasteiger partial charge in [0.2, 0.25) is 5.95 Å². The zero-order chi connectivity index (χ0) is 19.2. The topological polar surface area (TPSA) is 88.6 Å². The highest BCUT2D eigenvalue weighted by Crippen LogP contribution is 2.35. The maximum absolute atomic E-state index is 11.9. The van der Waals surface area contributed by atoms with Gasteiger partial charge in [-0.25, -0.2) is 10.4 Å². The van der Waals surface area contributed by atoms with E-state index in [-0.39, 0.29) is 11.5 Å². The van der Waals surface area contributed by atoms with Crippen molar-refractivity contribution in [2.24, 2.45) is 5.10 Å². The van der Waals surface area contributed by atoms with E-state index < -0.39 is 0 Å². The lowest BCUT2D eigenvalue weighted by Crippen LogP contribution is -2.10. The minimum Gasteiger partial charge on any atom is -0.493 e. The molecule has 3 aromatic rings. The Morgan fingerprint density at radius 1 is 1.15 bits per heavy atom. The summed E-state index contributed by atoms with van der Waals surface area (Å²) in [5, 5.41) is 4.50. The maximum atomic E-state index is 11.9. The molecule has 1 heterocycles. The Balaban J connectivity index is 1.82. The quantitative estimate of drug-likeness (QED) is 0.501. The van der Waals surface area contributed by atoms with Crippen molar-refractivity contribution >= 4 is 23.8 Å². The van der Waals surface area contributed by atoms with Gasteiger partial charge in [0.1, 0.15) is 0 Å². The number of hydrazone groups is 1. The number of hydrogen-bond acceptors (Lipinski definition) is 6. The fourth-order valence-electron chi connectivity index (χ4n) is 2.45. The van der Waals surface area contributed by atoms with Crippen molar-refractivity contribution in [3.05, 3.63) is 69.5 Å². The van der Waals surface area contributed by atoms with E-state index in [9.17, 15) is 4.79 Å². The van der Waals surface area contributed by atoms with Crippen molar-refractivity contribution in [2.45, 2.75) is 0 Å². The summed E-state index contributed by atoms with van der Waals surface area (Å²) in [6, 6.07) is 14.2. The Bertz CT molecular complexity index is 1020. The molecule has 7 nitrogen and oxygen atoms in total. The molecule has 27 heavy (non-hydrogen) atoms. The van der Waals surface area contributed by atoms with Crippen LogP contribution in [0.2, 0.25) is 5.02 Å². The van der Waals surface area contributed by atoms with Crippen molar-refractivity contribution in [3.63, 3.8) is 0 Å². The highest BCUT2D eigenvalue weighted by atomic mass is 35.5. The molecule has 0 aliphatic rings. The molecule has 0 saturated carbocycles. The predicted octanol–water partition coefficient (Wildman–Crippen LogP) is 3.55. The van der Waals surface area contributed by atoms with Gasteiger partial charge in [0, 0.05) is 11.6 Å². The highest BCUT2D eigenvalue weighted by molar-refractivity contribution is 6.32. The summed E-state index contributed by atoms with van der Waals surface area (Å²) < 4.78 is 10.4. The fraction of sp³-hybridized carbons (Fsp3) is 0.105. The minimum absolute atomic E-state index is 0.226. The monoisotopic (exact) mass is 384 g/mol. The van der Waals surface area contributed by atoms with Crippen molar-refractivity contribution in [3.8, 4) is 22.8 Å². The van der Waals surface area contributed by atoms with E-state index in [0.29, 0.717) is 27.8 Å². The van der Waals surface area contributed by atoms with Crippen LogP contribution >= 0.6 is 11.6 Å². The maximum Gasteiger partial charge on any atom is 0.252 e. The number of hydrogen-bond donors (Lipinski definition) is 2. The lowest BCUT2D eigenvalue weighted by Gasteiger charge is -2.10. The zero-order valence-corrected chi connectivity index (χ0v) is 15.4. The summed E-state index contributed by atoms with van der Waals surface area (Å²) in [6.45, 7) is 0. The van der Waals surface area contributed by atoms with E-state index in [2.05, 4.69) is 20.5 Å². The standard InChI is InChI=1S/C19H17ClN4O3/c1-26-16-9-12(8-14(20)18(16)27-2)11-21-24-19-22-15(10-17(25)23-19)13-6-4-3-5-7-13/h3-11H,1-2H3,(H2,22,23,24,25)/b21-11-. The lowest BCUT2D eigenvalue weighted by atomic mass is 10.1. The Kier molecular flexibility index (Phi) is 5.73. The molecular formula is C19H17ClN4O3. The van der Waals surface area contributed by atoms with Gasteiger partial charge in [0.05, 0.1) is 31.2 Å². The van der Waals surface area contributed by atoms with Crippen LogP contribution in [0.15, 0.2) is 58.4 Å². The van der Waals surface area contributed by atoms with Gasteiger partial charge in [-0.1, -0.05) is 41.9 Å². The number of rotatable bonds is 6. The van der Waals surface area contributed by atoms with Gasteiger partial charge in [-0.15, -0.1) is 0 Å². The van der Waals surface area contributed by atoms with Gasteiger partial charge in [-0.05, 0) is 17.7 Å². The number of anilines is 1. The Hall–Kier alpha value is -3.32. The Labute approximate surface area is 160 Å². The number of H-pyrrole nitrogens is 1. The molecule has 8 heteroatoms. The molecule has 2 N–H and O–H groups in total. The number of methoxy groups -OCH3 is 2. The molecule has 0 amide bonds. The normalized spacial score (nSPS) is 10.8. The van der Waals surface area contributed by atoms with Gasteiger partial charge >= 0.3 is 0 Å². The Morgan fingerprint density at radius 2 is 1.93 bits per heavy atom. The molecule has 0 atom stereocenters. The minimum atomic E-state index is -0.282. The molecule has 0 spiro atoms. The second-order valence-corrected chi connectivity index (χ2v) is 5.86. The second kappa shape index (κ2) is 8.37. The number of nitrogens with one attached hydrogen (secondary N) is 2. The lowest BCUT2D eigenvalue weighted by molar-refractivity contribution is 0.355. The van der Waals surface area contributed by atoms with Gasteiger partial charge in [-0.2, -0.15) is 5.10 Å². The van der Waals surface area contributed by atoms with Crippen LogP contribution in [0.3, 0.4) is 0 Å². The molecule has 0 unspecified atom stereocenters. The van der Waals surface area contributed by atoms with E-state index in [1.165, 1.54) is 26.5 Å². The average molecular weight is 385 g/mol. The third-order valence-electron chi connectivity index (χ3n) is 3.65. The van der Waals surface area contributed by atoms with E-state index in [4.69, 9.17) is 21.1 Å². The molecule has 138 valence electrons. The Morgan fingerprint density at radius 3 is 2.63 bits per heavy atom.